The molecule has 80 valence electrons. The second kappa shape index (κ2) is 3.10. The van der Waals surface area contributed by atoms with Crippen molar-refractivity contribution in [2.75, 3.05) is 0 Å². The molecule has 0 fully saturated rings. The summed E-state index contributed by atoms with van der Waals surface area (Å²) in [6, 6.07) is 6.94. The van der Waals surface area contributed by atoms with E-state index < -0.39 is 0 Å². The molecule has 2 heterocycles. The van der Waals surface area contributed by atoms with Gasteiger partial charge in [0.2, 0.25) is 0 Å². The van der Waals surface area contributed by atoms with E-state index in [0.29, 0.717) is 0 Å². The molecule has 0 aliphatic carbocycles. The van der Waals surface area contributed by atoms with Gasteiger partial charge in [0, 0.05) is 19.3 Å². The van der Waals surface area contributed by atoms with Crippen LogP contribution >= 0.6 is 0 Å². The third-order valence-electron chi connectivity index (χ3n) is 2.53. The van der Waals surface area contributed by atoms with Gasteiger partial charge in [0.05, 0.1) is 11.0 Å². The molecule has 0 unspecified atom stereocenters. The number of benzene rings is 1. The van der Waals surface area contributed by atoms with Crippen molar-refractivity contribution in [3.8, 4) is 17.3 Å². The fourth-order valence-corrected chi connectivity index (χ4v) is 1.73. The van der Waals surface area contributed by atoms with Crippen LogP contribution < -0.4 is 0 Å². The Kier molecular flexibility index (Phi) is 1.73. The fourth-order valence-electron chi connectivity index (χ4n) is 1.73. The van der Waals surface area contributed by atoms with E-state index in [9.17, 15) is 5.11 Å². The third kappa shape index (κ3) is 1.25. The Balaban J connectivity index is 2.23. The first-order chi connectivity index (χ1) is 7.74. The maximum absolute atomic E-state index is 9.36. The minimum Gasteiger partial charge on any atom is -0.508 e. The summed E-state index contributed by atoms with van der Waals surface area (Å²) in [6.45, 7) is 0. The van der Waals surface area contributed by atoms with Gasteiger partial charge in [-0.15, -0.1) is 0 Å². The van der Waals surface area contributed by atoms with Crippen LogP contribution in [-0.4, -0.2) is 24.9 Å². The first-order valence-electron chi connectivity index (χ1n) is 4.91. The highest BCUT2D eigenvalue weighted by Crippen LogP contribution is 2.22. The van der Waals surface area contributed by atoms with Gasteiger partial charge in [0.1, 0.15) is 11.4 Å². The SMILES string of the molecule is Cn1nccc1-c1nc2ccc(O)cc2[nH]1. The van der Waals surface area contributed by atoms with Gasteiger partial charge in [0.25, 0.3) is 0 Å². The quantitative estimate of drug-likeness (QED) is 0.647. The highest BCUT2D eigenvalue weighted by atomic mass is 16.3. The zero-order valence-corrected chi connectivity index (χ0v) is 8.68. The molecule has 1 aromatic carbocycles. The summed E-state index contributed by atoms with van der Waals surface area (Å²) >= 11 is 0. The van der Waals surface area contributed by atoms with Gasteiger partial charge in [-0.1, -0.05) is 0 Å². The van der Waals surface area contributed by atoms with E-state index in [-0.39, 0.29) is 5.75 Å². The highest BCUT2D eigenvalue weighted by Gasteiger charge is 2.08. The first-order valence-corrected chi connectivity index (χ1v) is 4.91. The molecule has 0 amide bonds. The summed E-state index contributed by atoms with van der Waals surface area (Å²) in [7, 11) is 1.86. The number of phenols is 1. The maximum Gasteiger partial charge on any atom is 0.156 e. The average Bonchev–Trinajstić information content (AvgIpc) is 2.82. The van der Waals surface area contributed by atoms with Crippen LogP contribution in [0.2, 0.25) is 0 Å². The number of nitrogens with one attached hydrogen (secondary N) is 1. The number of rotatable bonds is 1. The van der Waals surface area contributed by atoms with Crippen molar-refractivity contribution < 1.29 is 5.11 Å². The lowest BCUT2D eigenvalue weighted by molar-refractivity contribution is 0.476. The van der Waals surface area contributed by atoms with Crippen LogP contribution in [0.1, 0.15) is 0 Å². The topological polar surface area (TPSA) is 66.7 Å². The zero-order valence-electron chi connectivity index (χ0n) is 8.68. The van der Waals surface area contributed by atoms with Crippen molar-refractivity contribution in [2.45, 2.75) is 0 Å². The zero-order chi connectivity index (χ0) is 11.1. The minimum absolute atomic E-state index is 0.229. The standard InChI is InChI=1S/C11H10N4O/c1-15-10(4-5-12-15)11-13-8-3-2-7(16)6-9(8)14-11/h2-6,16H,1H3,(H,13,14). The maximum atomic E-state index is 9.36. The fraction of sp³-hybridized carbons (Fsp3) is 0.0909. The Morgan fingerprint density at radius 3 is 2.94 bits per heavy atom. The Bertz CT molecular complexity index is 653. The summed E-state index contributed by atoms with van der Waals surface area (Å²) in [4.78, 5) is 7.58. The summed E-state index contributed by atoms with van der Waals surface area (Å²) in [5.74, 6) is 0.980. The molecule has 2 N–H and O–H groups in total. The molecule has 5 nitrogen and oxygen atoms in total. The van der Waals surface area contributed by atoms with Gasteiger partial charge in [-0.25, -0.2) is 4.98 Å². The number of hydrogen-bond acceptors (Lipinski definition) is 3. The summed E-state index contributed by atoms with van der Waals surface area (Å²) in [5.41, 5.74) is 2.56. The lowest BCUT2D eigenvalue weighted by Gasteiger charge is -1.95. The Hall–Kier alpha value is -2.30. The van der Waals surface area contributed by atoms with Gasteiger partial charge < -0.3 is 10.1 Å². The van der Waals surface area contributed by atoms with E-state index in [1.54, 1.807) is 29.1 Å². The van der Waals surface area contributed by atoms with E-state index >= 15 is 0 Å². The molecule has 0 saturated carbocycles. The second-order valence-corrected chi connectivity index (χ2v) is 3.63. The molecule has 0 radical (unpaired) electrons. The summed E-state index contributed by atoms with van der Waals surface area (Å²) in [6.07, 6.45) is 1.72. The van der Waals surface area contributed by atoms with E-state index in [1.807, 2.05) is 13.1 Å². The van der Waals surface area contributed by atoms with E-state index in [0.717, 1.165) is 22.6 Å². The van der Waals surface area contributed by atoms with Crippen molar-refractivity contribution in [1.29, 1.82) is 0 Å². The van der Waals surface area contributed by atoms with Crippen molar-refractivity contribution in [2.24, 2.45) is 7.05 Å². The van der Waals surface area contributed by atoms with Crippen molar-refractivity contribution in [3.63, 3.8) is 0 Å². The third-order valence-corrected chi connectivity index (χ3v) is 2.53. The number of nitrogens with zero attached hydrogens (tertiary/aromatic N) is 3. The number of phenolic OH excluding ortho intramolecular Hbond substituents is 1. The number of aromatic amines is 1. The molecule has 0 spiro atoms. The molecule has 5 heteroatoms. The van der Waals surface area contributed by atoms with Gasteiger partial charge in [-0.2, -0.15) is 5.10 Å². The molecule has 3 aromatic rings. The number of aryl methyl sites for hydroxylation is 1. The number of aromatic nitrogens is 4. The highest BCUT2D eigenvalue weighted by molar-refractivity contribution is 5.80. The minimum atomic E-state index is 0.229. The second-order valence-electron chi connectivity index (χ2n) is 3.63. The molecule has 0 atom stereocenters. The number of hydrogen-bond donors (Lipinski definition) is 2. The van der Waals surface area contributed by atoms with Crippen LogP contribution in [0.4, 0.5) is 0 Å². The number of H-pyrrole nitrogens is 1. The molecule has 0 aliphatic rings. The number of aromatic hydroxyl groups is 1. The van der Waals surface area contributed by atoms with E-state index in [2.05, 4.69) is 15.1 Å². The van der Waals surface area contributed by atoms with Crippen LogP contribution in [0, 0.1) is 0 Å². The molecule has 16 heavy (non-hydrogen) atoms. The van der Waals surface area contributed by atoms with Gasteiger partial charge in [-0.3, -0.25) is 4.68 Å². The largest absolute Gasteiger partial charge is 0.508 e. The lowest BCUT2D eigenvalue weighted by atomic mass is 10.3. The molecule has 2 aromatic heterocycles. The summed E-state index contributed by atoms with van der Waals surface area (Å²) in [5, 5.41) is 13.4. The first kappa shape index (κ1) is 8.96. The van der Waals surface area contributed by atoms with Crippen LogP contribution in [0.25, 0.3) is 22.6 Å². The molecular formula is C11H10N4O. The molecule has 0 bridgehead atoms. The summed E-state index contributed by atoms with van der Waals surface area (Å²) < 4.78 is 1.75. The molecular weight excluding hydrogens is 204 g/mol. The molecule has 0 aliphatic heterocycles. The lowest BCUT2D eigenvalue weighted by Crippen LogP contribution is -1.94. The Morgan fingerprint density at radius 2 is 2.19 bits per heavy atom. The van der Waals surface area contributed by atoms with E-state index in [1.165, 1.54) is 0 Å². The van der Waals surface area contributed by atoms with Crippen molar-refractivity contribution in [1.82, 2.24) is 19.7 Å². The normalized spacial score (nSPS) is 11.1. The Morgan fingerprint density at radius 1 is 1.31 bits per heavy atom. The van der Waals surface area contributed by atoms with Crippen molar-refractivity contribution >= 4 is 11.0 Å². The number of fused-ring (bicyclic) bond motifs is 1. The van der Waals surface area contributed by atoms with E-state index in [4.69, 9.17) is 0 Å². The molecule has 3 rings (SSSR count). The average molecular weight is 214 g/mol. The van der Waals surface area contributed by atoms with Crippen LogP contribution in [0.5, 0.6) is 5.75 Å². The number of imidazole rings is 1. The predicted molar refractivity (Wildman–Crippen MR) is 60.0 cm³/mol. The monoisotopic (exact) mass is 214 g/mol. The van der Waals surface area contributed by atoms with Crippen LogP contribution in [0.3, 0.4) is 0 Å². The smallest absolute Gasteiger partial charge is 0.156 e. The van der Waals surface area contributed by atoms with Gasteiger partial charge >= 0.3 is 0 Å². The van der Waals surface area contributed by atoms with Gasteiger partial charge in [-0.05, 0) is 18.2 Å². The van der Waals surface area contributed by atoms with Crippen molar-refractivity contribution in [3.05, 3.63) is 30.5 Å². The predicted octanol–water partition coefficient (Wildman–Crippen LogP) is 1.67. The Labute approximate surface area is 91.4 Å². The van der Waals surface area contributed by atoms with Crippen LogP contribution in [0.15, 0.2) is 30.5 Å². The van der Waals surface area contributed by atoms with Gasteiger partial charge in [0.15, 0.2) is 5.82 Å². The van der Waals surface area contributed by atoms with Crippen LogP contribution in [-0.2, 0) is 7.05 Å². The molecule has 0 saturated heterocycles.